The first-order chi connectivity index (χ1) is 14.4. The van der Waals surface area contributed by atoms with Crippen LogP contribution >= 0.6 is 0 Å². The van der Waals surface area contributed by atoms with Gasteiger partial charge in [0.05, 0.1) is 6.10 Å². The number of hydrogen-bond acceptors (Lipinski definition) is 6. The highest BCUT2D eigenvalue weighted by Gasteiger charge is 2.45. The summed E-state index contributed by atoms with van der Waals surface area (Å²) in [5, 5.41) is 19.7. The van der Waals surface area contributed by atoms with E-state index in [0.717, 1.165) is 44.1 Å². The van der Waals surface area contributed by atoms with Crippen LogP contribution < -0.4 is 4.74 Å². The van der Waals surface area contributed by atoms with Gasteiger partial charge in [0.1, 0.15) is 18.5 Å². The Kier molecular flexibility index (Phi) is 7.72. The summed E-state index contributed by atoms with van der Waals surface area (Å²) in [7, 11) is 1.47. The average Bonchev–Trinajstić information content (AvgIpc) is 3.02. The second-order valence-corrected chi connectivity index (χ2v) is 8.41. The zero-order valence-corrected chi connectivity index (χ0v) is 17.7. The predicted molar refractivity (Wildman–Crippen MR) is 109 cm³/mol. The first kappa shape index (κ1) is 22.6. The maximum absolute atomic E-state index is 11.7. The van der Waals surface area contributed by atoms with Gasteiger partial charge >= 0.3 is 11.9 Å². The lowest BCUT2D eigenvalue weighted by Crippen LogP contribution is -2.29. The standard InChI is InChI=1S/C23H32O7/c1-3-16(30-23(27)13-28-2)7-8-17-18-9-14-5-4-6-21(29-12-22(25)26)19(14)10-15(18)11-20(17)24/h4-6,15-18,20,24H,3,7-13H2,1-2H3,(H,25,26)/t15-,16-,17+,18-,20+/m0/s1. The summed E-state index contributed by atoms with van der Waals surface area (Å²) in [6, 6.07) is 5.80. The van der Waals surface area contributed by atoms with E-state index in [1.54, 1.807) is 0 Å². The van der Waals surface area contributed by atoms with Gasteiger partial charge in [0.15, 0.2) is 6.61 Å². The van der Waals surface area contributed by atoms with Crippen molar-refractivity contribution in [3.63, 3.8) is 0 Å². The second-order valence-electron chi connectivity index (χ2n) is 8.41. The van der Waals surface area contributed by atoms with Gasteiger partial charge in [-0.05, 0) is 73.5 Å². The van der Waals surface area contributed by atoms with Gasteiger partial charge in [-0.1, -0.05) is 19.1 Å². The molecule has 166 valence electrons. The number of ether oxygens (including phenoxy) is 3. The number of carboxylic acid groups (broad SMARTS) is 1. The fourth-order valence-corrected chi connectivity index (χ4v) is 5.14. The van der Waals surface area contributed by atoms with E-state index >= 15 is 0 Å². The Hall–Kier alpha value is -2.12. The Labute approximate surface area is 177 Å². The fourth-order valence-electron chi connectivity index (χ4n) is 5.14. The number of carbonyl (C=O) groups is 2. The molecule has 3 rings (SSSR count). The molecule has 2 aliphatic carbocycles. The van der Waals surface area contributed by atoms with Crippen LogP contribution in [0.15, 0.2) is 18.2 Å². The SMILES string of the molecule is CC[C@@H](CC[C@@H]1[C@H]2Cc3cccc(OCC(=O)O)c3C[C@H]2C[C@H]1O)OC(=O)COC. The van der Waals surface area contributed by atoms with E-state index in [1.807, 2.05) is 19.1 Å². The van der Waals surface area contributed by atoms with Gasteiger partial charge in [0.25, 0.3) is 0 Å². The highest BCUT2D eigenvalue weighted by Crippen LogP contribution is 2.48. The number of methoxy groups -OCH3 is 1. The molecule has 5 atom stereocenters. The normalized spacial score (nSPS) is 25.8. The molecule has 0 spiro atoms. The fraction of sp³-hybridized carbons (Fsp3) is 0.652. The maximum Gasteiger partial charge on any atom is 0.341 e. The molecule has 0 radical (unpaired) electrons. The van der Waals surface area contributed by atoms with E-state index in [9.17, 15) is 14.7 Å². The molecule has 2 aliphatic rings. The van der Waals surface area contributed by atoms with E-state index < -0.39 is 5.97 Å². The van der Waals surface area contributed by atoms with Crippen LogP contribution in [0, 0.1) is 17.8 Å². The Balaban J connectivity index is 1.65. The highest BCUT2D eigenvalue weighted by atomic mass is 16.6. The van der Waals surface area contributed by atoms with Gasteiger partial charge < -0.3 is 24.4 Å². The summed E-state index contributed by atoms with van der Waals surface area (Å²) >= 11 is 0. The Morgan fingerprint density at radius 3 is 2.73 bits per heavy atom. The lowest BCUT2D eigenvalue weighted by Gasteiger charge is -2.32. The third-order valence-corrected chi connectivity index (χ3v) is 6.53. The predicted octanol–water partition coefficient (Wildman–Crippen LogP) is 2.61. The van der Waals surface area contributed by atoms with Crippen molar-refractivity contribution in [2.24, 2.45) is 17.8 Å². The molecule has 7 nitrogen and oxygen atoms in total. The monoisotopic (exact) mass is 420 g/mol. The van der Waals surface area contributed by atoms with Gasteiger partial charge in [-0.2, -0.15) is 0 Å². The molecule has 0 unspecified atom stereocenters. The lowest BCUT2D eigenvalue weighted by atomic mass is 9.73. The third-order valence-electron chi connectivity index (χ3n) is 6.53. The summed E-state index contributed by atoms with van der Waals surface area (Å²) < 4.78 is 15.8. The van der Waals surface area contributed by atoms with E-state index in [0.29, 0.717) is 17.6 Å². The number of fused-ring (bicyclic) bond motifs is 2. The summed E-state index contributed by atoms with van der Waals surface area (Å²) in [6.45, 7) is 1.60. The molecule has 0 saturated heterocycles. The number of rotatable bonds is 10. The van der Waals surface area contributed by atoms with Crippen LogP contribution in [-0.2, 0) is 31.9 Å². The quantitative estimate of drug-likeness (QED) is 0.561. The maximum atomic E-state index is 11.7. The Bertz CT molecular complexity index is 747. The van der Waals surface area contributed by atoms with Gasteiger partial charge in [-0.25, -0.2) is 9.59 Å². The molecule has 2 N–H and O–H groups in total. The van der Waals surface area contributed by atoms with Gasteiger partial charge in [-0.15, -0.1) is 0 Å². The van der Waals surface area contributed by atoms with E-state index in [-0.39, 0.29) is 37.3 Å². The number of carboxylic acids is 1. The van der Waals surface area contributed by atoms with Gasteiger partial charge in [-0.3, -0.25) is 0 Å². The van der Waals surface area contributed by atoms with Crippen molar-refractivity contribution >= 4 is 11.9 Å². The molecule has 0 aromatic heterocycles. The van der Waals surface area contributed by atoms with Gasteiger partial charge in [0.2, 0.25) is 0 Å². The number of hydrogen-bond donors (Lipinski definition) is 2. The van der Waals surface area contributed by atoms with Crippen LogP contribution in [0.25, 0.3) is 0 Å². The molecule has 1 saturated carbocycles. The first-order valence-corrected chi connectivity index (χ1v) is 10.7. The van der Waals surface area contributed by atoms with E-state index in [1.165, 1.54) is 12.7 Å². The van der Waals surface area contributed by atoms with E-state index in [2.05, 4.69) is 6.07 Å². The Morgan fingerprint density at radius 1 is 1.23 bits per heavy atom. The van der Waals surface area contributed by atoms with Crippen molar-refractivity contribution in [2.75, 3.05) is 20.3 Å². The Morgan fingerprint density at radius 2 is 2.03 bits per heavy atom. The minimum absolute atomic E-state index is 0.0453. The number of benzene rings is 1. The van der Waals surface area contributed by atoms with Crippen LogP contribution in [0.3, 0.4) is 0 Å². The van der Waals surface area contributed by atoms with Crippen molar-refractivity contribution in [1.29, 1.82) is 0 Å². The van der Waals surface area contributed by atoms with Crippen molar-refractivity contribution in [3.05, 3.63) is 29.3 Å². The summed E-state index contributed by atoms with van der Waals surface area (Å²) in [5.74, 6) is 0.186. The zero-order valence-electron chi connectivity index (χ0n) is 17.7. The second kappa shape index (κ2) is 10.3. The first-order valence-electron chi connectivity index (χ1n) is 10.7. The molecule has 0 aliphatic heterocycles. The molecular weight excluding hydrogens is 388 g/mol. The van der Waals surface area contributed by atoms with Crippen LogP contribution in [-0.4, -0.2) is 54.7 Å². The summed E-state index contributed by atoms with van der Waals surface area (Å²) in [6.07, 6.45) is 4.13. The molecule has 30 heavy (non-hydrogen) atoms. The number of aliphatic hydroxyl groups excluding tert-OH is 1. The number of carbonyl (C=O) groups excluding carboxylic acids is 1. The molecule has 0 amide bonds. The van der Waals surface area contributed by atoms with Gasteiger partial charge in [0, 0.05) is 7.11 Å². The number of aliphatic carboxylic acids is 1. The zero-order chi connectivity index (χ0) is 21.7. The third kappa shape index (κ3) is 5.32. The van der Waals surface area contributed by atoms with Crippen molar-refractivity contribution < 1.29 is 34.0 Å². The van der Waals surface area contributed by atoms with Crippen LogP contribution in [0.5, 0.6) is 5.75 Å². The molecule has 1 aromatic carbocycles. The van der Waals surface area contributed by atoms with Crippen molar-refractivity contribution in [2.45, 2.75) is 57.7 Å². The molecule has 0 heterocycles. The smallest absolute Gasteiger partial charge is 0.341 e. The van der Waals surface area contributed by atoms with Crippen molar-refractivity contribution in [3.8, 4) is 5.75 Å². The minimum Gasteiger partial charge on any atom is -0.482 e. The topological polar surface area (TPSA) is 102 Å². The van der Waals surface area contributed by atoms with Crippen LogP contribution in [0.1, 0.15) is 43.7 Å². The molecule has 0 bridgehead atoms. The van der Waals surface area contributed by atoms with Crippen LogP contribution in [0.4, 0.5) is 0 Å². The molecule has 1 aromatic rings. The number of aliphatic hydroxyl groups is 1. The largest absolute Gasteiger partial charge is 0.482 e. The minimum atomic E-state index is -0.991. The summed E-state index contributed by atoms with van der Waals surface area (Å²) in [4.78, 5) is 22.6. The molecular formula is C23H32O7. The average molecular weight is 421 g/mol. The number of esters is 1. The molecule has 1 fully saturated rings. The highest BCUT2D eigenvalue weighted by molar-refractivity contribution is 5.70. The van der Waals surface area contributed by atoms with E-state index in [4.69, 9.17) is 19.3 Å². The summed E-state index contributed by atoms with van der Waals surface area (Å²) in [5.41, 5.74) is 2.25. The van der Waals surface area contributed by atoms with Crippen LogP contribution in [0.2, 0.25) is 0 Å². The van der Waals surface area contributed by atoms with Crippen molar-refractivity contribution in [1.82, 2.24) is 0 Å². The molecule has 7 heteroatoms. The lowest BCUT2D eigenvalue weighted by molar-refractivity contribution is -0.154.